The number of fused-ring (bicyclic) bond motifs is 1. The molecule has 3 aromatic rings. The van der Waals surface area contributed by atoms with Gasteiger partial charge < -0.3 is 9.84 Å². The summed E-state index contributed by atoms with van der Waals surface area (Å²) in [5, 5.41) is 8.42. The molecular weight excluding hydrogens is 262 g/mol. The van der Waals surface area contributed by atoms with E-state index >= 15 is 0 Å². The van der Waals surface area contributed by atoms with Crippen molar-refractivity contribution in [1.82, 2.24) is 10.1 Å². The van der Waals surface area contributed by atoms with Gasteiger partial charge in [-0.3, -0.25) is 0 Å². The molecule has 1 N–H and O–H groups in total. The average Bonchev–Trinajstić information content (AvgIpc) is 2.80. The van der Waals surface area contributed by atoms with Gasteiger partial charge in [0.15, 0.2) is 5.82 Å². The minimum Gasteiger partial charge on any atom is -0.360 e. The van der Waals surface area contributed by atoms with Gasteiger partial charge in [0.05, 0.1) is 11.4 Å². The van der Waals surface area contributed by atoms with Crippen LogP contribution in [-0.2, 0) is 0 Å². The Balaban J connectivity index is 1.90. The number of aryl methyl sites for hydroxylation is 3. The molecule has 0 saturated carbocycles. The molecule has 0 aliphatic rings. The van der Waals surface area contributed by atoms with E-state index in [0.717, 1.165) is 16.9 Å². The second kappa shape index (κ2) is 5.20. The molecule has 0 aliphatic carbocycles. The zero-order valence-corrected chi connectivity index (χ0v) is 12.8. The van der Waals surface area contributed by atoms with Crippen molar-refractivity contribution < 1.29 is 4.52 Å². The largest absolute Gasteiger partial charge is 0.360 e. The fourth-order valence-electron chi connectivity index (χ4n) is 2.57. The first kappa shape index (κ1) is 13.6. The highest BCUT2D eigenvalue weighted by atomic mass is 16.5. The van der Waals surface area contributed by atoms with Crippen molar-refractivity contribution in [3.63, 3.8) is 0 Å². The predicted molar refractivity (Wildman–Crippen MR) is 84.5 cm³/mol. The highest BCUT2D eigenvalue weighted by molar-refractivity contribution is 5.85. The van der Waals surface area contributed by atoms with Gasteiger partial charge in [0.25, 0.3) is 5.71 Å². The number of nitrogens with one attached hydrogen (secondary N) is 1. The van der Waals surface area contributed by atoms with Gasteiger partial charge in [-0.05, 0) is 45.4 Å². The Hall–Kier alpha value is -2.36. The van der Waals surface area contributed by atoms with Gasteiger partial charge in [-0.1, -0.05) is 34.5 Å². The number of anilines is 1. The smallest absolute Gasteiger partial charge is 0.260 e. The number of hydrogen-bond acceptors (Lipinski definition) is 4. The van der Waals surface area contributed by atoms with Gasteiger partial charge in [-0.15, -0.1) is 0 Å². The number of rotatable bonds is 3. The maximum absolute atomic E-state index is 5.29. The second-order valence-corrected chi connectivity index (χ2v) is 5.62. The molecule has 108 valence electrons. The lowest BCUT2D eigenvalue weighted by Gasteiger charge is -2.15. The zero-order valence-electron chi connectivity index (χ0n) is 12.8. The van der Waals surface area contributed by atoms with Gasteiger partial charge in [0, 0.05) is 5.69 Å². The Morgan fingerprint density at radius 1 is 1.05 bits per heavy atom. The molecule has 1 aromatic carbocycles. The van der Waals surface area contributed by atoms with Gasteiger partial charge in [0.1, 0.15) is 0 Å². The van der Waals surface area contributed by atoms with Crippen LogP contribution in [0.4, 0.5) is 5.82 Å². The van der Waals surface area contributed by atoms with E-state index in [4.69, 9.17) is 4.52 Å². The molecule has 21 heavy (non-hydrogen) atoms. The lowest BCUT2D eigenvalue weighted by atomic mass is 10.0. The van der Waals surface area contributed by atoms with Crippen LogP contribution in [-0.4, -0.2) is 10.1 Å². The van der Waals surface area contributed by atoms with Crippen molar-refractivity contribution in [2.75, 3.05) is 5.32 Å². The maximum atomic E-state index is 5.29. The van der Waals surface area contributed by atoms with Gasteiger partial charge in [-0.2, -0.15) is 0 Å². The first-order valence-electron chi connectivity index (χ1n) is 7.10. The number of aromatic nitrogens is 2. The highest BCUT2D eigenvalue weighted by Gasteiger charge is 2.13. The second-order valence-electron chi connectivity index (χ2n) is 5.62. The van der Waals surface area contributed by atoms with E-state index in [-0.39, 0.29) is 6.04 Å². The van der Waals surface area contributed by atoms with Crippen molar-refractivity contribution in [3.8, 4) is 0 Å². The lowest BCUT2D eigenvalue weighted by molar-refractivity contribution is 0.450. The van der Waals surface area contributed by atoms with E-state index in [2.05, 4.69) is 54.4 Å². The van der Waals surface area contributed by atoms with Crippen molar-refractivity contribution >= 4 is 16.9 Å². The zero-order chi connectivity index (χ0) is 15.0. The molecule has 4 nitrogen and oxygen atoms in total. The summed E-state index contributed by atoms with van der Waals surface area (Å²) in [4.78, 5) is 4.34. The van der Waals surface area contributed by atoms with Crippen LogP contribution in [0, 0.1) is 20.8 Å². The van der Waals surface area contributed by atoms with Crippen molar-refractivity contribution in [3.05, 3.63) is 52.7 Å². The summed E-state index contributed by atoms with van der Waals surface area (Å²) in [6.07, 6.45) is 0. The molecule has 0 fully saturated rings. The van der Waals surface area contributed by atoms with Crippen LogP contribution in [0.2, 0.25) is 0 Å². The van der Waals surface area contributed by atoms with Crippen molar-refractivity contribution in [1.29, 1.82) is 0 Å². The van der Waals surface area contributed by atoms with Crippen LogP contribution in [0.15, 0.2) is 34.9 Å². The molecule has 0 bridgehead atoms. The van der Waals surface area contributed by atoms with Crippen LogP contribution in [0.25, 0.3) is 11.1 Å². The van der Waals surface area contributed by atoms with Crippen LogP contribution in [0.1, 0.15) is 35.3 Å². The monoisotopic (exact) mass is 281 g/mol. The third kappa shape index (κ3) is 2.75. The highest BCUT2D eigenvalue weighted by Crippen LogP contribution is 2.26. The summed E-state index contributed by atoms with van der Waals surface area (Å²) in [6.45, 7) is 8.28. The fourth-order valence-corrected chi connectivity index (χ4v) is 2.57. The molecular formula is C17H19N3O. The Kier molecular flexibility index (Phi) is 3.37. The third-order valence-electron chi connectivity index (χ3n) is 3.58. The predicted octanol–water partition coefficient (Wildman–Crippen LogP) is 4.32. The molecule has 0 spiro atoms. The fraction of sp³-hybridized carbons (Fsp3) is 0.294. The topological polar surface area (TPSA) is 51.0 Å². The van der Waals surface area contributed by atoms with E-state index < -0.39 is 0 Å². The van der Waals surface area contributed by atoms with Gasteiger partial charge in [0.2, 0.25) is 0 Å². The van der Waals surface area contributed by atoms with E-state index in [1.165, 1.54) is 16.7 Å². The van der Waals surface area contributed by atoms with Crippen LogP contribution in [0.5, 0.6) is 0 Å². The van der Waals surface area contributed by atoms with E-state index in [0.29, 0.717) is 5.71 Å². The Labute approximate surface area is 124 Å². The van der Waals surface area contributed by atoms with Crippen LogP contribution >= 0.6 is 0 Å². The summed E-state index contributed by atoms with van der Waals surface area (Å²) in [7, 11) is 0. The quantitative estimate of drug-likeness (QED) is 0.776. The normalized spacial score (nSPS) is 12.6. The summed E-state index contributed by atoms with van der Waals surface area (Å²) in [5.41, 5.74) is 5.27. The molecule has 1 atom stereocenters. The Morgan fingerprint density at radius 2 is 1.76 bits per heavy atom. The first-order valence-corrected chi connectivity index (χ1v) is 7.10. The van der Waals surface area contributed by atoms with Crippen molar-refractivity contribution in [2.45, 2.75) is 33.7 Å². The molecule has 2 aromatic heterocycles. The average molecular weight is 281 g/mol. The van der Waals surface area contributed by atoms with Crippen LogP contribution < -0.4 is 5.32 Å². The molecule has 0 radical (unpaired) electrons. The first-order chi connectivity index (χ1) is 10.0. The molecule has 2 heterocycles. The molecule has 4 heteroatoms. The molecule has 1 unspecified atom stereocenters. The minimum absolute atomic E-state index is 0.151. The Morgan fingerprint density at radius 3 is 2.48 bits per heavy atom. The van der Waals surface area contributed by atoms with E-state index in [1.54, 1.807) is 0 Å². The molecule has 0 amide bonds. The van der Waals surface area contributed by atoms with E-state index in [9.17, 15) is 0 Å². The van der Waals surface area contributed by atoms with Crippen molar-refractivity contribution in [2.24, 2.45) is 0 Å². The summed E-state index contributed by atoms with van der Waals surface area (Å²) in [6, 6.07) is 10.7. The molecule has 0 aliphatic heterocycles. The molecule has 0 saturated heterocycles. The number of nitrogens with zero attached hydrogens (tertiary/aromatic N) is 2. The minimum atomic E-state index is 0.151. The number of hydrogen-bond donors (Lipinski definition) is 1. The standard InChI is InChI=1S/C17H19N3O/c1-10-7-11(2)9-14(8-10)13(4)19-16-15-6-5-12(3)18-17(15)21-20-16/h5-9,13H,1-4H3,(H,19,20). The maximum Gasteiger partial charge on any atom is 0.260 e. The third-order valence-corrected chi connectivity index (χ3v) is 3.58. The van der Waals surface area contributed by atoms with Gasteiger partial charge in [-0.25, -0.2) is 4.98 Å². The summed E-state index contributed by atoms with van der Waals surface area (Å²) in [5.74, 6) is 0.740. The Bertz CT molecular complexity index is 772. The SMILES string of the molecule is Cc1cc(C)cc(C(C)Nc2noc3nc(C)ccc23)c1. The van der Waals surface area contributed by atoms with Crippen LogP contribution in [0.3, 0.4) is 0 Å². The lowest BCUT2D eigenvalue weighted by Crippen LogP contribution is -2.07. The van der Waals surface area contributed by atoms with E-state index in [1.807, 2.05) is 19.1 Å². The number of pyridine rings is 1. The number of benzene rings is 1. The molecule has 3 rings (SSSR count). The summed E-state index contributed by atoms with van der Waals surface area (Å²) >= 11 is 0. The summed E-state index contributed by atoms with van der Waals surface area (Å²) < 4.78 is 5.29. The van der Waals surface area contributed by atoms with Gasteiger partial charge >= 0.3 is 0 Å².